The lowest BCUT2D eigenvalue weighted by molar-refractivity contribution is -0.146. The lowest BCUT2D eigenvalue weighted by Gasteiger charge is -2.17. The molecule has 1 N–H and O–H groups in total. The maximum atomic E-state index is 12.3. The molecule has 0 bridgehead atoms. The first kappa shape index (κ1) is 29.7. The molecule has 0 aliphatic heterocycles. The number of carbonyl (C=O) groups is 2. The van der Waals surface area contributed by atoms with Crippen LogP contribution in [0.1, 0.15) is 136 Å². The van der Waals surface area contributed by atoms with E-state index in [-0.39, 0.29) is 5.97 Å². The standard InChI is InChI=1S/C26H51NO4/c1-4-7-10-11-12-13-14-15-16-17-18-19-20-23-30-25(28)24(21-8-5-2)27-26(29)31-22-9-6-3/h24H,4-23H2,1-3H3,(H,27,29). The van der Waals surface area contributed by atoms with E-state index in [1.165, 1.54) is 70.6 Å². The van der Waals surface area contributed by atoms with Crippen molar-refractivity contribution in [3.8, 4) is 0 Å². The molecule has 5 heteroatoms. The van der Waals surface area contributed by atoms with Crippen LogP contribution in [0, 0.1) is 0 Å². The molecule has 31 heavy (non-hydrogen) atoms. The van der Waals surface area contributed by atoms with E-state index in [2.05, 4.69) is 19.2 Å². The molecule has 0 aliphatic rings. The molecule has 0 saturated carbocycles. The summed E-state index contributed by atoms with van der Waals surface area (Å²) in [5, 5.41) is 2.67. The third-order valence-corrected chi connectivity index (χ3v) is 5.65. The van der Waals surface area contributed by atoms with E-state index in [0.717, 1.165) is 38.5 Å². The van der Waals surface area contributed by atoms with Gasteiger partial charge in [-0.25, -0.2) is 9.59 Å². The van der Waals surface area contributed by atoms with Crippen molar-refractivity contribution in [1.82, 2.24) is 5.32 Å². The fraction of sp³-hybridized carbons (Fsp3) is 0.923. The van der Waals surface area contributed by atoms with Crippen molar-refractivity contribution in [2.45, 2.75) is 142 Å². The van der Waals surface area contributed by atoms with Gasteiger partial charge in [0.25, 0.3) is 0 Å². The average molecular weight is 442 g/mol. The Morgan fingerprint density at radius 1 is 0.581 bits per heavy atom. The molecule has 184 valence electrons. The largest absolute Gasteiger partial charge is 0.464 e. The first-order chi connectivity index (χ1) is 15.2. The molecule has 0 radical (unpaired) electrons. The maximum Gasteiger partial charge on any atom is 0.407 e. The van der Waals surface area contributed by atoms with Crippen LogP contribution in [0.4, 0.5) is 4.79 Å². The molecule has 1 atom stereocenters. The fourth-order valence-electron chi connectivity index (χ4n) is 3.54. The predicted octanol–water partition coefficient (Wildman–Crippen LogP) is 7.71. The number of alkyl carbamates (subject to hydrolysis) is 1. The van der Waals surface area contributed by atoms with Crippen LogP contribution in [0.5, 0.6) is 0 Å². The van der Waals surface area contributed by atoms with Gasteiger partial charge in [0, 0.05) is 0 Å². The zero-order valence-corrected chi connectivity index (χ0v) is 20.9. The smallest absolute Gasteiger partial charge is 0.407 e. The van der Waals surface area contributed by atoms with Gasteiger partial charge >= 0.3 is 12.1 Å². The van der Waals surface area contributed by atoms with Gasteiger partial charge in [-0.2, -0.15) is 0 Å². The topological polar surface area (TPSA) is 64.6 Å². The van der Waals surface area contributed by atoms with Crippen molar-refractivity contribution in [3.63, 3.8) is 0 Å². The highest BCUT2D eigenvalue weighted by Crippen LogP contribution is 2.12. The SMILES string of the molecule is CCCCCCCCCCCCCCCOC(=O)C(CCCC)NC(=O)OCCCC. The Morgan fingerprint density at radius 2 is 1.03 bits per heavy atom. The third-order valence-electron chi connectivity index (χ3n) is 5.65. The van der Waals surface area contributed by atoms with E-state index in [1.807, 2.05) is 6.92 Å². The summed E-state index contributed by atoms with van der Waals surface area (Å²) in [4.78, 5) is 24.2. The minimum atomic E-state index is -0.601. The van der Waals surface area contributed by atoms with Crippen LogP contribution >= 0.6 is 0 Å². The molecule has 1 amide bonds. The van der Waals surface area contributed by atoms with Gasteiger partial charge in [0.15, 0.2) is 0 Å². The van der Waals surface area contributed by atoms with Crippen LogP contribution in [0.2, 0.25) is 0 Å². The average Bonchev–Trinajstić information content (AvgIpc) is 2.76. The molecule has 0 saturated heterocycles. The highest BCUT2D eigenvalue weighted by molar-refractivity contribution is 5.81. The van der Waals surface area contributed by atoms with Crippen molar-refractivity contribution >= 4 is 12.1 Å². The summed E-state index contributed by atoms with van der Waals surface area (Å²) in [6.07, 6.45) is 20.5. The van der Waals surface area contributed by atoms with E-state index in [9.17, 15) is 9.59 Å². The molecule has 0 spiro atoms. The lowest BCUT2D eigenvalue weighted by Crippen LogP contribution is -2.42. The number of esters is 1. The molecule has 5 nitrogen and oxygen atoms in total. The van der Waals surface area contributed by atoms with Gasteiger partial charge in [-0.05, 0) is 19.3 Å². The molecule has 0 heterocycles. The monoisotopic (exact) mass is 441 g/mol. The minimum Gasteiger partial charge on any atom is -0.464 e. The van der Waals surface area contributed by atoms with Gasteiger partial charge in [0.2, 0.25) is 0 Å². The molecule has 0 fully saturated rings. The van der Waals surface area contributed by atoms with Gasteiger partial charge in [-0.15, -0.1) is 0 Å². The summed E-state index contributed by atoms with van der Waals surface area (Å²) in [7, 11) is 0. The Morgan fingerprint density at radius 3 is 1.55 bits per heavy atom. The molecule has 0 aliphatic carbocycles. The second-order valence-corrected chi connectivity index (χ2v) is 8.74. The van der Waals surface area contributed by atoms with Gasteiger partial charge in [0.05, 0.1) is 13.2 Å². The van der Waals surface area contributed by atoms with Gasteiger partial charge in [0.1, 0.15) is 6.04 Å². The van der Waals surface area contributed by atoms with E-state index in [1.54, 1.807) is 0 Å². The van der Waals surface area contributed by atoms with Crippen molar-refractivity contribution < 1.29 is 19.1 Å². The maximum absolute atomic E-state index is 12.3. The van der Waals surface area contributed by atoms with Gasteiger partial charge < -0.3 is 14.8 Å². The first-order valence-electron chi connectivity index (χ1n) is 13.3. The molecule has 1 unspecified atom stereocenters. The normalized spacial score (nSPS) is 11.8. The minimum absolute atomic E-state index is 0.333. The number of ether oxygens (including phenoxy) is 2. The number of nitrogens with one attached hydrogen (secondary N) is 1. The van der Waals surface area contributed by atoms with Crippen LogP contribution in [-0.2, 0) is 14.3 Å². The summed E-state index contributed by atoms with van der Waals surface area (Å²) in [6.45, 7) is 7.19. The fourth-order valence-corrected chi connectivity index (χ4v) is 3.54. The Bertz CT molecular complexity index is 414. The molecule has 0 aromatic heterocycles. The number of unbranched alkanes of at least 4 members (excludes halogenated alkanes) is 14. The quantitative estimate of drug-likeness (QED) is 0.138. The Kier molecular flexibility index (Phi) is 22.5. The van der Waals surface area contributed by atoms with E-state index >= 15 is 0 Å². The summed E-state index contributed by atoms with van der Waals surface area (Å²) in [5.74, 6) is -0.333. The van der Waals surface area contributed by atoms with Gasteiger partial charge in [-0.3, -0.25) is 0 Å². The van der Waals surface area contributed by atoms with E-state index in [0.29, 0.717) is 19.6 Å². The van der Waals surface area contributed by atoms with Crippen LogP contribution in [0.15, 0.2) is 0 Å². The molecular weight excluding hydrogens is 390 g/mol. The Labute approximate surface area is 192 Å². The van der Waals surface area contributed by atoms with Crippen molar-refractivity contribution in [2.24, 2.45) is 0 Å². The van der Waals surface area contributed by atoms with Crippen molar-refractivity contribution in [1.29, 1.82) is 0 Å². The highest BCUT2D eigenvalue weighted by Gasteiger charge is 2.22. The van der Waals surface area contributed by atoms with E-state index < -0.39 is 12.1 Å². The number of rotatable bonds is 22. The zero-order valence-electron chi connectivity index (χ0n) is 20.9. The summed E-state index contributed by atoms with van der Waals surface area (Å²) in [6, 6.07) is -0.601. The molecule has 0 rings (SSSR count). The number of hydrogen-bond acceptors (Lipinski definition) is 4. The van der Waals surface area contributed by atoms with Crippen LogP contribution in [0.25, 0.3) is 0 Å². The summed E-state index contributed by atoms with van der Waals surface area (Å²) < 4.78 is 10.5. The zero-order chi connectivity index (χ0) is 23.0. The Balaban J connectivity index is 3.72. The predicted molar refractivity (Wildman–Crippen MR) is 129 cm³/mol. The number of hydrogen-bond donors (Lipinski definition) is 1. The van der Waals surface area contributed by atoms with E-state index in [4.69, 9.17) is 9.47 Å². The van der Waals surface area contributed by atoms with Crippen LogP contribution < -0.4 is 5.32 Å². The highest BCUT2D eigenvalue weighted by atomic mass is 16.6. The van der Waals surface area contributed by atoms with Gasteiger partial charge in [-0.1, -0.05) is 117 Å². The second kappa shape index (κ2) is 23.4. The first-order valence-corrected chi connectivity index (χ1v) is 13.3. The second-order valence-electron chi connectivity index (χ2n) is 8.74. The molecule has 0 aromatic rings. The van der Waals surface area contributed by atoms with Crippen molar-refractivity contribution in [3.05, 3.63) is 0 Å². The number of amides is 1. The lowest BCUT2D eigenvalue weighted by atomic mass is 10.0. The molecule has 0 aromatic carbocycles. The van der Waals surface area contributed by atoms with Crippen molar-refractivity contribution in [2.75, 3.05) is 13.2 Å². The third kappa shape index (κ3) is 20.4. The Hall–Kier alpha value is -1.26. The van der Waals surface area contributed by atoms with Crippen LogP contribution in [0.3, 0.4) is 0 Å². The van der Waals surface area contributed by atoms with Crippen LogP contribution in [-0.4, -0.2) is 31.3 Å². The summed E-state index contributed by atoms with van der Waals surface area (Å²) >= 11 is 0. The summed E-state index contributed by atoms with van der Waals surface area (Å²) in [5.41, 5.74) is 0. The molecular formula is C26H51NO4. The number of carbonyl (C=O) groups excluding carboxylic acids is 2.